The van der Waals surface area contributed by atoms with Crippen molar-refractivity contribution in [1.29, 1.82) is 0 Å². The molecule has 9 heteroatoms. The summed E-state index contributed by atoms with van der Waals surface area (Å²) in [6.07, 6.45) is 1.03. The van der Waals surface area contributed by atoms with Crippen LogP contribution in [-0.4, -0.2) is 51.0 Å². The lowest BCUT2D eigenvalue weighted by atomic mass is 10.0. The monoisotopic (exact) mass is 463 g/mol. The topological polar surface area (TPSA) is 86.8 Å². The van der Waals surface area contributed by atoms with Gasteiger partial charge < -0.3 is 10.2 Å². The molecule has 0 aliphatic heterocycles. The summed E-state index contributed by atoms with van der Waals surface area (Å²) in [5.74, 6) is -1.55. The van der Waals surface area contributed by atoms with Crippen molar-refractivity contribution in [1.82, 2.24) is 10.2 Å². The number of halogens is 1. The zero-order chi connectivity index (χ0) is 24.1. The van der Waals surface area contributed by atoms with E-state index in [1.807, 2.05) is 19.9 Å². The lowest BCUT2D eigenvalue weighted by Gasteiger charge is -2.32. The third kappa shape index (κ3) is 6.06. The molecule has 174 valence electrons. The number of hydrogen-bond donors (Lipinski definition) is 1. The van der Waals surface area contributed by atoms with Gasteiger partial charge in [-0.05, 0) is 30.5 Å². The summed E-state index contributed by atoms with van der Waals surface area (Å²) in [5.41, 5.74) is 1.40. The van der Waals surface area contributed by atoms with Crippen LogP contribution in [0.4, 0.5) is 10.1 Å². The van der Waals surface area contributed by atoms with Gasteiger partial charge in [0.25, 0.3) is 0 Å². The number of rotatable bonds is 9. The fraction of sp³-hybridized carbons (Fsp3) is 0.391. The molecular formula is C23H30FN3O4S. The van der Waals surface area contributed by atoms with Crippen LogP contribution in [0.25, 0.3) is 0 Å². The molecule has 2 amide bonds. The largest absolute Gasteiger partial charge is 0.357 e. The van der Waals surface area contributed by atoms with E-state index in [9.17, 15) is 22.4 Å². The van der Waals surface area contributed by atoms with Crippen LogP contribution in [0.3, 0.4) is 0 Å². The van der Waals surface area contributed by atoms with Gasteiger partial charge in [-0.3, -0.25) is 13.9 Å². The van der Waals surface area contributed by atoms with Gasteiger partial charge in [0.1, 0.15) is 18.4 Å². The Morgan fingerprint density at radius 2 is 1.62 bits per heavy atom. The Bertz CT molecular complexity index is 1070. The van der Waals surface area contributed by atoms with E-state index >= 15 is 0 Å². The predicted molar refractivity (Wildman–Crippen MR) is 123 cm³/mol. The van der Waals surface area contributed by atoms with Gasteiger partial charge in [-0.25, -0.2) is 12.8 Å². The Kier molecular flexibility index (Phi) is 8.38. The second-order valence-electron chi connectivity index (χ2n) is 7.89. The minimum atomic E-state index is -3.82. The molecular weight excluding hydrogens is 433 g/mol. The number of hydrogen-bond acceptors (Lipinski definition) is 4. The zero-order valence-electron chi connectivity index (χ0n) is 19.0. The van der Waals surface area contributed by atoms with Gasteiger partial charge >= 0.3 is 0 Å². The molecule has 0 aromatic heterocycles. The molecule has 0 bridgehead atoms. The molecule has 0 radical (unpaired) electrons. The van der Waals surface area contributed by atoms with Gasteiger partial charge in [0.05, 0.1) is 11.9 Å². The van der Waals surface area contributed by atoms with Gasteiger partial charge in [0.2, 0.25) is 21.8 Å². The molecule has 0 aliphatic carbocycles. The number of carbonyl (C=O) groups excluding carboxylic acids is 2. The Hall–Kier alpha value is -2.94. The van der Waals surface area contributed by atoms with Crippen LogP contribution in [0.2, 0.25) is 0 Å². The van der Waals surface area contributed by atoms with E-state index in [0.717, 1.165) is 16.1 Å². The van der Waals surface area contributed by atoms with E-state index in [1.165, 1.54) is 37.1 Å². The molecule has 1 N–H and O–H groups in total. The fourth-order valence-electron chi connectivity index (χ4n) is 3.40. The number of para-hydroxylation sites is 1. The van der Waals surface area contributed by atoms with Gasteiger partial charge in [-0.2, -0.15) is 0 Å². The lowest BCUT2D eigenvalue weighted by molar-refractivity contribution is -0.139. The highest BCUT2D eigenvalue weighted by Gasteiger charge is 2.31. The van der Waals surface area contributed by atoms with Gasteiger partial charge in [0.15, 0.2) is 0 Å². The summed E-state index contributed by atoms with van der Waals surface area (Å²) >= 11 is 0. The Morgan fingerprint density at radius 1 is 1.03 bits per heavy atom. The third-order valence-electron chi connectivity index (χ3n) is 5.22. The Labute approximate surface area is 189 Å². The minimum absolute atomic E-state index is 0.0184. The van der Waals surface area contributed by atoms with Crippen LogP contribution >= 0.6 is 0 Å². The number of benzene rings is 2. The predicted octanol–water partition coefficient (Wildman–Crippen LogP) is 2.88. The van der Waals surface area contributed by atoms with Crippen molar-refractivity contribution in [2.75, 3.05) is 24.2 Å². The maximum Gasteiger partial charge on any atom is 0.244 e. The molecule has 0 fully saturated rings. The molecule has 0 heterocycles. The molecule has 7 nitrogen and oxygen atoms in total. The molecule has 2 aromatic carbocycles. The van der Waals surface area contributed by atoms with Crippen molar-refractivity contribution in [3.8, 4) is 0 Å². The smallest absolute Gasteiger partial charge is 0.244 e. The molecule has 0 aliphatic rings. The molecule has 0 saturated carbocycles. The van der Waals surface area contributed by atoms with E-state index < -0.39 is 40.2 Å². The average molecular weight is 464 g/mol. The van der Waals surface area contributed by atoms with Crippen LogP contribution in [0.5, 0.6) is 0 Å². The van der Waals surface area contributed by atoms with E-state index in [2.05, 4.69) is 5.32 Å². The quantitative estimate of drug-likeness (QED) is 0.620. The molecule has 32 heavy (non-hydrogen) atoms. The van der Waals surface area contributed by atoms with Crippen molar-refractivity contribution >= 4 is 27.5 Å². The molecule has 2 aromatic rings. The standard InChI is InChI=1S/C23H30FN3O4S/c1-16(2)19-11-7-9-13-21(19)27(32(5,30)31)15-22(28)26(17(3)23(29)25-4)14-18-10-6-8-12-20(18)24/h6-13,16-17H,14-15H2,1-5H3,(H,25,29). The van der Waals surface area contributed by atoms with Crippen LogP contribution < -0.4 is 9.62 Å². The average Bonchev–Trinajstić information content (AvgIpc) is 2.74. The van der Waals surface area contributed by atoms with E-state index in [-0.39, 0.29) is 18.0 Å². The van der Waals surface area contributed by atoms with Crippen LogP contribution in [0.15, 0.2) is 48.5 Å². The lowest BCUT2D eigenvalue weighted by Crippen LogP contribution is -2.50. The van der Waals surface area contributed by atoms with Crippen molar-refractivity contribution in [3.05, 3.63) is 65.5 Å². The summed E-state index contributed by atoms with van der Waals surface area (Å²) in [4.78, 5) is 26.8. The number of nitrogens with zero attached hydrogens (tertiary/aromatic N) is 2. The summed E-state index contributed by atoms with van der Waals surface area (Å²) < 4.78 is 40.6. The van der Waals surface area contributed by atoms with E-state index in [4.69, 9.17) is 0 Å². The molecule has 2 rings (SSSR count). The Balaban J connectivity index is 2.47. The number of amides is 2. The van der Waals surface area contributed by atoms with Crippen molar-refractivity contribution in [3.63, 3.8) is 0 Å². The fourth-order valence-corrected chi connectivity index (χ4v) is 4.27. The first-order valence-electron chi connectivity index (χ1n) is 10.3. The minimum Gasteiger partial charge on any atom is -0.357 e. The summed E-state index contributed by atoms with van der Waals surface area (Å²) in [5, 5.41) is 2.48. The normalized spacial score (nSPS) is 12.3. The van der Waals surface area contributed by atoms with E-state index in [1.54, 1.807) is 24.3 Å². The number of carbonyl (C=O) groups is 2. The Morgan fingerprint density at radius 3 is 2.19 bits per heavy atom. The van der Waals surface area contributed by atoms with Crippen molar-refractivity contribution in [2.45, 2.75) is 39.3 Å². The molecule has 0 saturated heterocycles. The maximum atomic E-state index is 14.3. The zero-order valence-corrected chi connectivity index (χ0v) is 19.8. The van der Waals surface area contributed by atoms with E-state index in [0.29, 0.717) is 5.69 Å². The highest BCUT2D eigenvalue weighted by Crippen LogP contribution is 2.29. The molecule has 0 spiro atoms. The summed E-state index contributed by atoms with van der Waals surface area (Å²) in [7, 11) is -2.39. The molecule has 1 unspecified atom stereocenters. The van der Waals surface area contributed by atoms with Crippen LogP contribution in [-0.2, 0) is 26.2 Å². The number of sulfonamides is 1. The first kappa shape index (κ1) is 25.3. The summed E-state index contributed by atoms with van der Waals surface area (Å²) in [6.45, 7) is 4.69. The van der Waals surface area contributed by atoms with Crippen LogP contribution in [0.1, 0.15) is 37.8 Å². The highest BCUT2D eigenvalue weighted by molar-refractivity contribution is 7.92. The second kappa shape index (κ2) is 10.6. The number of anilines is 1. The van der Waals surface area contributed by atoms with Gasteiger partial charge in [-0.1, -0.05) is 50.2 Å². The van der Waals surface area contributed by atoms with Crippen molar-refractivity contribution in [2.24, 2.45) is 0 Å². The SMILES string of the molecule is CNC(=O)C(C)N(Cc1ccccc1F)C(=O)CN(c1ccccc1C(C)C)S(C)(=O)=O. The number of likely N-dealkylation sites (N-methyl/N-ethyl adjacent to an activating group) is 1. The first-order valence-corrected chi connectivity index (χ1v) is 12.1. The number of nitrogens with one attached hydrogen (secondary N) is 1. The molecule has 1 atom stereocenters. The second-order valence-corrected chi connectivity index (χ2v) is 9.79. The highest BCUT2D eigenvalue weighted by atomic mass is 32.2. The maximum absolute atomic E-state index is 14.3. The van der Waals surface area contributed by atoms with Crippen LogP contribution in [0, 0.1) is 5.82 Å². The third-order valence-corrected chi connectivity index (χ3v) is 6.35. The van der Waals surface area contributed by atoms with Gasteiger partial charge in [-0.15, -0.1) is 0 Å². The first-order chi connectivity index (χ1) is 15.0. The van der Waals surface area contributed by atoms with Gasteiger partial charge in [0, 0.05) is 19.2 Å². The van der Waals surface area contributed by atoms with Crippen molar-refractivity contribution < 1.29 is 22.4 Å². The summed E-state index contributed by atoms with van der Waals surface area (Å²) in [6, 6.07) is 12.0.